The van der Waals surface area contributed by atoms with E-state index in [4.69, 9.17) is 0 Å². The molecule has 0 saturated heterocycles. The van der Waals surface area contributed by atoms with E-state index in [1.165, 1.54) is 0 Å². The highest BCUT2D eigenvalue weighted by molar-refractivity contribution is 5.85. The van der Waals surface area contributed by atoms with E-state index in [0.29, 0.717) is 0 Å². The molecule has 0 aliphatic heterocycles. The van der Waals surface area contributed by atoms with E-state index < -0.39 is 17.8 Å². The Morgan fingerprint density at radius 2 is 1.82 bits per heavy atom. The molecule has 1 aromatic carbocycles. The molecule has 2 saturated carbocycles. The van der Waals surface area contributed by atoms with Gasteiger partial charge in [0, 0.05) is 17.8 Å². The summed E-state index contributed by atoms with van der Waals surface area (Å²) in [5.74, 6) is -1.85. The van der Waals surface area contributed by atoms with Crippen molar-refractivity contribution < 1.29 is 14.7 Å². The van der Waals surface area contributed by atoms with E-state index in [0.717, 1.165) is 31.2 Å². The fourth-order valence-corrected chi connectivity index (χ4v) is 4.38. The van der Waals surface area contributed by atoms with Crippen LogP contribution in [-0.4, -0.2) is 11.9 Å². The minimum Gasteiger partial charge on any atom is -0.550 e. The summed E-state index contributed by atoms with van der Waals surface area (Å²) in [6, 6.07) is 9.77. The van der Waals surface area contributed by atoms with Crippen LogP contribution in [-0.2, 0) is 9.59 Å². The van der Waals surface area contributed by atoms with Gasteiger partial charge >= 0.3 is 0 Å². The highest BCUT2D eigenvalue weighted by Crippen LogP contribution is 2.52. The van der Waals surface area contributed by atoms with Crippen molar-refractivity contribution in [3.63, 3.8) is 0 Å². The smallest absolute Gasteiger partial charge is 0.224 e. The van der Waals surface area contributed by atoms with Crippen LogP contribution in [0.2, 0.25) is 0 Å². The molecule has 0 radical (unpaired) electrons. The molecule has 0 unspecified atom stereocenters. The average molecular weight is 300 g/mol. The molecule has 22 heavy (non-hydrogen) atoms. The van der Waals surface area contributed by atoms with Gasteiger partial charge in [0.05, 0.1) is 6.04 Å². The second kappa shape index (κ2) is 6.11. The lowest BCUT2D eigenvalue weighted by Crippen LogP contribution is -2.46. The first kappa shape index (κ1) is 15.1. The number of fused-ring (bicyclic) bond motifs is 2. The largest absolute Gasteiger partial charge is 0.550 e. The summed E-state index contributed by atoms with van der Waals surface area (Å²) in [5, 5.41) is 14.5. The zero-order valence-electron chi connectivity index (χ0n) is 12.8. The van der Waals surface area contributed by atoms with E-state index in [2.05, 4.69) is 5.32 Å². The third kappa shape index (κ3) is 2.62. The number of hydrogen-bond donors (Lipinski definition) is 1. The molecule has 1 amide bonds. The lowest BCUT2D eigenvalue weighted by Gasteiger charge is -2.32. The summed E-state index contributed by atoms with van der Waals surface area (Å²) in [6.45, 7) is 2.02. The highest BCUT2D eigenvalue weighted by atomic mass is 16.4. The quantitative estimate of drug-likeness (QED) is 0.899. The van der Waals surface area contributed by atoms with E-state index in [1.54, 1.807) is 0 Å². The number of nitrogens with one attached hydrogen (secondary N) is 1. The molecule has 118 valence electrons. The SMILES string of the molecule is CC[C@H](NC(=O)[C@H]1[C@@H]2CC[C@@H](C2)[C@@H]1C(=O)[O-])c1ccccc1. The van der Waals surface area contributed by atoms with Crippen LogP contribution in [0.5, 0.6) is 0 Å². The Morgan fingerprint density at radius 3 is 2.41 bits per heavy atom. The first-order chi connectivity index (χ1) is 10.6. The van der Waals surface area contributed by atoms with E-state index in [9.17, 15) is 14.7 Å². The third-order valence-electron chi connectivity index (χ3n) is 5.42. The molecular weight excluding hydrogens is 278 g/mol. The molecule has 2 fully saturated rings. The van der Waals surface area contributed by atoms with Gasteiger partial charge in [-0.1, -0.05) is 37.3 Å². The van der Waals surface area contributed by atoms with Gasteiger partial charge in [0.15, 0.2) is 0 Å². The number of aliphatic carboxylic acids is 1. The molecule has 4 nitrogen and oxygen atoms in total. The second-order valence-corrected chi connectivity index (χ2v) is 6.58. The molecule has 0 aromatic heterocycles. The van der Waals surface area contributed by atoms with Crippen LogP contribution < -0.4 is 10.4 Å². The molecule has 1 aromatic rings. The average Bonchev–Trinajstić information content (AvgIpc) is 3.14. The third-order valence-corrected chi connectivity index (χ3v) is 5.42. The zero-order chi connectivity index (χ0) is 15.7. The number of hydrogen-bond acceptors (Lipinski definition) is 3. The number of rotatable bonds is 5. The number of carbonyl (C=O) groups is 2. The Balaban J connectivity index is 1.74. The summed E-state index contributed by atoms with van der Waals surface area (Å²) >= 11 is 0. The van der Waals surface area contributed by atoms with Crippen LogP contribution >= 0.6 is 0 Å². The molecule has 3 rings (SSSR count). The number of carboxylic acid groups (broad SMARTS) is 1. The number of carbonyl (C=O) groups excluding carboxylic acids is 2. The maximum absolute atomic E-state index is 12.7. The van der Waals surface area contributed by atoms with Gasteiger partial charge in [0.1, 0.15) is 0 Å². The van der Waals surface area contributed by atoms with Gasteiger partial charge in [-0.3, -0.25) is 4.79 Å². The molecule has 4 heteroatoms. The molecule has 2 aliphatic rings. The standard InChI is InChI=1S/C18H23NO3/c1-2-14(11-6-4-3-5-7-11)19-17(20)15-12-8-9-13(10-12)16(15)18(21)22/h3-7,12-16H,2,8-10H2,1H3,(H,19,20)(H,21,22)/p-1/t12-,13+,14+,15+,16+/m1/s1. The zero-order valence-corrected chi connectivity index (χ0v) is 12.8. The lowest BCUT2D eigenvalue weighted by molar-refractivity contribution is -0.314. The molecule has 5 atom stereocenters. The Labute approximate surface area is 130 Å². The van der Waals surface area contributed by atoms with Crippen molar-refractivity contribution in [2.24, 2.45) is 23.7 Å². The summed E-state index contributed by atoms with van der Waals surface area (Å²) in [6.07, 6.45) is 3.53. The van der Waals surface area contributed by atoms with Crippen molar-refractivity contribution in [1.29, 1.82) is 0 Å². The lowest BCUT2D eigenvalue weighted by atomic mass is 9.78. The van der Waals surface area contributed by atoms with Crippen LogP contribution in [0.25, 0.3) is 0 Å². The van der Waals surface area contributed by atoms with Gasteiger partial charge in [-0.15, -0.1) is 0 Å². The molecule has 2 aliphatic carbocycles. The predicted octanol–water partition coefficient (Wildman–Crippen LogP) is 1.67. The maximum atomic E-state index is 12.7. The van der Waals surface area contributed by atoms with E-state index >= 15 is 0 Å². The Hall–Kier alpha value is -1.84. The molecule has 1 N–H and O–H groups in total. The number of benzene rings is 1. The second-order valence-electron chi connectivity index (χ2n) is 6.58. The first-order valence-corrected chi connectivity index (χ1v) is 8.18. The number of carboxylic acids is 1. The highest BCUT2D eigenvalue weighted by Gasteiger charge is 2.51. The van der Waals surface area contributed by atoms with Gasteiger partial charge < -0.3 is 15.2 Å². The van der Waals surface area contributed by atoms with Crippen molar-refractivity contribution in [1.82, 2.24) is 5.32 Å². The Kier molecular flexibility index (Phi) is 4.19. The maximum Gasteiger partial charge on any atom is 0.224 e. The van der Waals surface area contributed by atoms with Gasteiger partial charge in [-0.05, 0) is 43.1 Å². The van der Waals surface area contributed by atoms with Crippen molar-refractivity contribution in [3.05, 3.63) is 35.9 Å². The van der Waals surface area contributed by atoms with Gasteiger partial charge in [0.2, 0.25) is 5.91 Å². The van der Waals surface area contributed by atoms with Crippen molar-refractivity contribution in [3.8, 4) is 0 Å². The summed E-state index contributed by atoms with van der Waals surface area (Å²) in [4.78, 5) is 24.1. The van der Waals surface area contributed by atoms with Crippen LogP contribution in [0.15, 0.2) is 30.3 Å². The van der Waals surface area contributed by atoms with Gasteiger partial charge in [0.25, 0.3) is 0 Å². The molecular formula is C18H22NO3-. The van der Waals surface area contributed by atoms with Crippen molar-refractivity contribution >= 4 is 11.9 Å². The predicted molar refractivity (Wildman–Crippen MR) is 80.4 cm³/mol. The summed E-state index contributed by atoms with van der Waals surface area (Å²) in [7, 11) is 0. The van der Waals surface area contributed by atoms with Crippen LogP contribution in [0.3, 0.4) is 0 Å². The normalized spacial score (nSPS) is 31.0. The Bertz CT molecular complexity index is 557. The van der Waals surface area contributed by atoms with Crippen LogP contribution in [0, 0.1) is 23.7 Å². The topological polar surface area (TPSA) is 69.2 Å². The van der Waals surface area contributed by atoms with Gasteiger partial charge in [-0.2, -0.15) is 0 Å². The minimum atomic E-state index is -1.06. The van der Waals surface area contributed by atoms with E-state index in [1.807, 2.05) is 37.3 Å². The number of amides is 1. The summed E-state index contributed by atoms with van der Waals surface area (Å²) in [5.41, 5.74) is 1.06. The molecule has 0 spiro atoms. The molecule has 2 bridgehead atoms. The monoisotopic (exact) mass is 300 g/mol. The van der Waals surface area contributed by atoms with Crippen LogP contribution in [0.4, 0.5) is 0 Å². The van der Waals surface area contributed by atoms with E-state index in [-0.39, 0.29) is 23.8 Å². The first-order valence-electron chi connectivity index (χ1n) is 8.18. The van der Waals surface area contributed by atoms with Crippen molar-refractivity contribution in [2.75, 3.05) is 0 Å². The molecule has 0 heterocycles. The van der Waals surface area contributed by atoms with Crippen molar-refractivity contribution in [2.45, 2.75) is 38.6 Å². The fourth-order valence-electron chi connectivity index (χ4n) is 4.38. The van der Waals surface area contributed by atoms with Crippen LogP contribution in [0.1, 0.15) is 44.2 Å². The Morgan fingerprint density at radius 1 is 1.18 bits per heavy atom. The fraction of sp³-hybridized carbons (Fsp3) is 0.556. The van der Waals surface area contributed by atoms with Gasteiger partial charge in [-0.25, -0.2) is 0 Å². The minimum absolute atomic E-state index is 0.0600. The summed E-state index contributed by atoms with van der Waals surface area (Å²) < 4.78 is 0.